The standard InChI is InChI=1S/C19H29N5O/c1-6-7-9-19(4,10-8-13(2)3)24-17-16-15(22-18(20)23-17)11-14(25-5)12-21-16/h11-12H,2,6-10H2,1,3-5H3,(H3,20,22,23,24)/t19-/m0/s1. The molecule has 0 spiro atoms. The second-order valence-electron chi connectivity index (χ2n) is 6.92. The van der Waals surface area contributed by atoms with Crippen LogP contribution in [0, 0.1) is 0 Å². The van der Waals surface area contributed by atoms with Crippen LogP contribution in [-0.2, 0) is 0 Å². The monoisotopic (exact) mass is 343 g/mol. The molecule has 0 fully saturated rings. The summed E-state index contributed by atoms with van der Waals surface area (Å²) in [5.74, 6) is 1.54. The van der Waals surface area contributed by atoms with Gasteiger partial charge >= 0.3 is 0 Å². The van der Waals surface area contributed by atoms with Crippen LogP contribution >= 0.6 is 0 Å². The first-order valence-electron chi connectivity index (χ1n) is 8.76. The van der Waals surface area contributed by atoms with Gasteiger partial charge in [0.15, 0.2) is 5.82 Å². The Balaban J connectivity index is 2.38. The molecule has 6 heteroatoms. The number of unbranched alkanes of at least 4 members (excludes halogenated alkanes) is 1. The Labute approximate surface area is 149 Å². The third-order valence-corrected chi connectivity index (χ3v) is 4.37. The maximum atomic E-state index is 5.91. The van der Waals surface area contributed by atoms with Crippen LogP contribution in [0.3, 0.4) is 0 Å². The lowest BCUT2D eigenvalue weighted by Crippen LogP contribution is -2.35. The predicted octanol–water partition coefficient (Wildman–Crippen LogP) is 4.33. The van der Waals surface area contributed by atoms with Crippen LogP contribution in [0.5, 0.6) is 5.75 Å². The number of nitrogens with zero attached hydrogens (tertiary/aromatic N) is 3. The molecule has 2 aromatic rings. The first-order chi connectivity index (χ1) is 11.9. The Morgan fingerprint density at radius 1 is 1.36 bits per heavy atom. The van der Waals surface area contributed by atoms with Crippen molar-refractivity contribution in [1.29, 1.82) is 0 Å². The molecule has 0 aliphatic heterocycles. The summed E-state index contributed by atoms with van der Waals surface area (Å²) in [6.45, 7) is 10.5. The molecule has 0 bridgehead atoms. The molecule has 136 valence electrons. The molecule has 2 aromatic heterocycles. The maximum Gasteiger partial charge on any atom is 0.222 e. The first-order valence-corrected chi connectivity index (χ1v) is 8.76. The zero-order chi connectivity index (χ0) is 18.4. The zero-order valence-electron chi connectivity index (χ0n) is 15.7. The molecule has 0 aliphatic carbocycles. The molecule has 1 atom stereocenters. The number of aromatic nitrogens is 3. The number of rotatable bonds is 9. The third-order valence-electron chi connectivity index (χ3n) is 4.37. The lowest BCUT2D eigenvalue weighted by molar-refractivity contribution is 0.413. The fourth-order valence-electron chi connectivity index (χ4n) is 2.81. The zero-order valence-corrected chi connectivity index (χ0v) is 15.7. The van der Waals surface area contributed by atoms with E-state index >= 15 is 0 Å². The molecule has 0 saturated carbocycles. The summed E-state index contributed by atoms with van der Waals surface area (Å²) in [7, 11) is 1.60. The lowest BCUT2D eigenvalue weighted by Gasteiger charge is -2.32. The Kier molecular flexibility index (Phi) is 6.17. The maximum absolute atomic E-state index is 5.91. The first kappa shape index (κ1) is 19.0. The quantitative estimate of drug-likeness (QED) is 0.659. The number of pyridine rings is 1. The molecule has 6 nitrogen and oxygen atoms in total. The minimum Gasteiger partial charge on any atom is -0.495 e. The van der Waals surface area contributed by atoms with E-state index in [2.05, 4.69) is 47.6 Å². The largest absolute Gasteiger partial charge is 0.495 e. The number of hydrogen-bond donors (Lipinski definition) is 2. The average molecular weight is 343 g/mol. The number of fused-ring (bicyclic) bond motifs is 1. The van der Waals surface area contributed by atoms with Crippen LogP contribution in [0.25, 0.3) is 11.0 Å². The number of nitrogens with two attached hydrogens (primary N) is 1. The minimum absolute atomic E-state index is 0.107. The van der Waals surface area contributed by atoms with E-state index < -0.39 is 0 Å². The van der Waals surface area contributed by atoms with Crippen molar-refractivity contribution in [2.75, 3.05) is 18.2 Å². The highest BCUT2D eigenvalue weighted by Gasteiger charge is 2.25. The summed E-state index contributed by atoms with van der Waals surface area (Å²) >= 11 is 0. The predicted molar refractivity (Wildman–Crippen MR) is 104 cm³/mol. The van der Waals surface area contributed by atoms with Gasteiger partial charge in [-0.25, -0.2) is 9.97 Å². The van der Waals surface area contributed by atoms with Gasteiger partial charge < -0.3 is 15.8 Å². The average Bonchev–Trinajstić information content (AvgIpc) is 2.57. The minimum atomic E-state index is -0.107. The van der Waals surface area contributed by atoms with E-state index in [1.165, 1.54) is 5.57 Å². The smallest absolute Gasteiger partial charge is 0.222 e. The second kappa shape index (κ2) is 8.14. The normalized spacial score (nSPS) is 13.4. The number of nitrogens with one attached hydrogen (secondary N) is 1. The Morgan fingerprint density at radius 2 is 2.12 bits per heavy atom. The van der Waals surface area contributed by atoms with E-state index in [1.807, 2.05) is 6.07 Å². The van der Waals surface area contributed by atoms with Gasteiger partial charge in [-0.2, -0.15) is 4.98 Å². The molecule has 0 aliphatic rings. The number of allylic oxidation sites excluding steroid dienone is 1. The van der Waals surface area contributed by atoms with E-state index in [4.69, 9.17) is 10.5 Å². The Hall–Kier alpha value is -2.37. The highest BCUT2D eigenvalue weighted by molar-refractivity contribution is 5.87. The van der Waals surface area contributed by atoms with Gasteiger partial charge in [0.05, 0.1) is 13.3 Å². The van der Waals surface area contributed by atoms with Crippen molar-refractivity contribution in [3.05, 3.63) is 24.4 Å². The Bertz CT molecular complexity index is 746. The van der Waals surface area contributed by atoms with Gasteiger partial charge in [-0.05, 0) is 33.1 Å². The van der Waals surface area contributed by atoms with Crippen molar-refractivity contribution in [1.82, 2.24) is 15.0 Å². The van der Waals surface area contributed by atoms with Crippen molar-refractivity contribution in [2.45, 2.75) is 58.4 Å². The topological polar surface area (TPSA) is 86.0 Å². The van der Waals surface area contributed by atoms with Gasteiger partial charge in [0.25, 0.3) is 0 Å². The van der Waals surface area contributed by atoms with Crippen LogP contribution in [0.15, 0.2) is 24.4 Å². The van der Waals surface area contributed by atoms with Crippen LogP contribution in [0.4, 0.5) is 11.8 Å². The molecule has 2 rings (SSSR count). The van der Waals surface area contributed by atoms with Crippen molar-refractivity contribution in [2.24, 2.45) is 0 Å². The summed E-state index contributed by atoms with van der Waals surface area (Å²) in [6.07, 6.45) is 6.94. The van der Waals surface area contributed by atoms with Crippen molar-refractivity contribution in [3.8, 4) is 5.75 Å². The number of methoxy groups -OCH3 is 1. The van der Waals surface area contributed by atoms with E-state index in [1.54, 1.807) is 13.3 Å². The van der Waals surface area contributed by atoms with Crippen LogP contribution < -0.4 is 15.8 Å². The lowest BCUT2D eigenvalue weighted by atomic mass is 9.88. The number of anilines is 2. The molecular formula is C19H29N5O. The van der Waals surface area contributed by atoms with Gasteiger partial charge in [0.1, 0.15) is 16.8 Å². The van der Waals surface area contributed by atoms with Gasteiger partial charge in [-0.3, -0.25) is 0 Å². The second-order valence-corrected chi connectivity index (χ2v) is 6.92. The van der Waals surface area contributed by atoms with Crippen molar-refractivity contribution < 1.29 is 4.74 Å². The number of nitrogen functional groups attached to an aromatic ring is 1. The van der Waals surface area contributed by atoms with E-state index in [-0.39, 0.29) is 11.5 Å². The SMILES string of the molecule is C=C(C)CC[C@](C)(CCCC)Nc1nc(N)nc2cc(OC)cnc12. The van der Waals surface area contributed by atoms with E-state index in [9.17, 15) is 0 Å². The summed E-state index contributed by atoms with van der Waals surface area (Å²) in [6, 6.07) is 1.82. The van der Waals surface area contributed by atoms with Crippen molar-refractivity contribution >= 4 is 22.8 Å². The molecule has 0 radical (unpaired) electrons. The summed E-state index contributed by atoms with van der Waals surface area (Å²) < 4.78 is 5.23. The highest BCUT2D eigenvalue weighted by Crippen LogP contribution is 2.30. The van der Waals surface area contributed by atoms with E-state index in [0.29, 0.717) is 22.6 Å². The third kappa shape index (κ3) is 5.05. The van der Waals surface area contributed by atoms with Gasteiger partial charge in [0.2, 0.25) is 5.95 Å². The van der Waals surface area contributed by atoms with Crippen LogP contribution in [0.2, 0.25) is 0 Å². The summed E-state index contributed by atoms with van der Waals surface area (Å²) in [4.78, 5) is 13.2. The molecule has 3 N–H and O–H groups in total. The molecule has 2 heterocycles. The number of ether oxygens (including phenoxy) is 1. The van der Waals surface area contributed by atoms with Gasteiger partial charge in [-0.15, -0.1) is 6.58 Å². The fraction of sp³-hybridized carbons (Fsp3) is 0.526. The molecule has 0 aromatic carbocycles. The van der Waals surface area contributed by atoms with Crippen LogP contribution in [0.1, 0.15) is 52.9 Å². The fourth-order valence-corrected chi connectivity index (χ4v) is 2.81. The summed E-state index contributed by atoms with van der Waals surface area (Å²) in [5, 5.41) is 3.59. The summed E-state index contributed by atoms with van der Waals surface area (Å²) in [5.41, 5.74) is 8.36. The van der Waals surface area contributed by atoms with Crippen molar-refractivity contribution in [3.63, 3.8) is 0 Å². The van der Waals surface area contributed by atoms with Gasteiger partial charge in [0, 0.05) is 11.6 Å². The molecule has 0 amide bonds. The number of hydrogen-bond acceptors (Lipinski definition) is 6. The molecule has 25 heavy (non-hydrogen) atoms. The van der Waals surface area contributed by atoms with Gasteiger partial charge in [-0.1, -0.05) is 25.3 Å². The highest BCUT2D eigenvalue weighted by atomic mass is 16.5. The van der Waals surface area contributed by atoms with E-state index in [0.717, 1.165) is 32.1 Å². The molecule has 0 unspecified atom stereocenters. The molecule has 0 saturated heterocycles. The Morgan fingerprint density at radius 3 is 2.76 bits per heavy atom. The van der Waals surface area contributed by atoms with Crippen LogP contribution in [-0.4, -0.2) is 27.6 Å². The molecular weight excluding hydrogens is 314 g/mol.